The van der Waals surface area contributed by atoms with E-state index in [9.17, 15) is 9.59 Å². The SMILES string of the molecule is NC(C(=O)NCc1ccccc1)c1ccc(C(=O)Nc2ccncc2)cc1. The van der Waals surface area contributed by atoms with Crippen molar-refractivity contribution in [2.24, 2.45) is 5.73 Å². The van der Waals surface area contributed by atoms with E-state index >= 15 is 0 Å². The molecule has 0 saturated carbocycles. The van der Waals surface area contributed by atoms with Crippen molar-refractivity contribution >= 4 is 17.5 Å². The topological polar surface area (TPSA) is 97.1 Å². The van der Waals surface area contributed by atoms with Crippen molar-refractivity contribution in [2.45, 2.75) is 12.6 Å². The van der Waals surface area contributed by atoms with Gasteiger partial charge in [-0.05, 0) is 35.4 Å². The minimum Gasteiger partial charge on any atom is -0.350 e. The maximum absolute atomic E-state index is 12.3. The van der Waals surface area contributed by atoms with E-state index < -0.39 is 6.04 Å². The number of rotatable bonds is 6. The van der Waals surface area contributed by atoms with Gasteiger partial charge in [0.2, 0.25) is 5.91 Å². The van der Waals surface area contributed by atoms with Crippen molar-refractivity contribution in [1.82, 2.24) is 10.3 Å². The minimum atomic E-state index is -0.800. The van der Waals surface area contributed by atoms with Gasteiger partial charge in [-0.1, -0.05) is 42.5 Å². The van der Waals surface area contributed by atoms with Crippen LogP contribution in [0.3, 0.4) is 0 Å². The van der Waals surface area contributed by atoms with Crippen LogP contribution in [0.15, 0.2) is 79.1 Å². The van der Waals surface area contributed by atoms with E-state index in [1.54, 1.807) is 48.8 Å². The third-order valence-electron chi connectivity index (χ3n) is 4.06. The highest BCUT2D eigenvalue weighted by Crippen LogP contribution is 2.14. The summed E-state index contributed by atoms with van der Waals surface area (Å²) in [6.45, 7) is 0.416. The standard InChI is InChI=1S/C21H20N4O2/c22-19(21(27)24-14-15-4-2-1-3-5-15)16-6-8-17(9-7-16)20(26)25-18-10-12-23-13-11-18/h1-13,19H,14,22H2,(H,24,27)(H,23,25,26). The Bertz CT molecular complexity index is 896. The maximum atomic E-state index is 12.3. The van der Waals surface area contributed by atoms with Gasteiger partial charge in [0, 0.05) is 30.2 Å². The second kappa shape index (κ2) is 8.73. The molecular weight excluding hydrogens is 340 g/mol. The summed E-state index contributed by atoms with van der Waals surface area (Å²) < 4.78 is 0. The number of aromatic nitrogens is 1. The average Bonchev–Trinajstić information content (AvgIpc) is 2.73. The van der Waals surface area contributed by atoms with E-state index in [4.69, 9.17) is 5.73 Å². The first-order chi connectivity index (χ1) is 13.1. The van der Waals surface area contributed by atoms with Gasteiger partial charge in [-0.2, -0.15) is 0 Å². The van der Waals surface area contributed by atoms with E-state index in [1.807, 2.05) is 30.3 Å². The van der Waals surface area contributed by atoms with Gasteiger partial charge in [0.05, 0.1) is 0 Å². The molecule has 0 fully saturated rings. The Kier molecular flexibility index (Phi) is 5.91. The van der Waals surface area contributed by atoms with Crippen LogP contribution < -0.4 is 16.4 Å². The lowest BCUT2D eigenvalue weighted by molar-refractivity contribution is -0.122. The van der Waals surface area contributed by atoms with Gasteiger partial charge < -0.3 is 16.4 Å². The fourth-order valence-corrected chi connectivity index (χ4v) is 2.53. The number of pyridine rings is 1. The Hall–Kier alpha value is -3.51. The largest absolute Gasteiger partial charge is 0.350 e. The molecule has 3 aromatic rings. The number of hydrogen-bond donors (Lipinski definition) is 3. The van der Waals surface area contributed by atoms with Crippen LogP contribution in [0, 0.1) is 0 Å². The van der Waals surface area contributed by atoms with Gasteiger partial charge in [0.25, 0.3) is 5.91 Å². The monoisotopic (exact) mass is 360 g/mol. The number of anilines is 1. The number of carbonyl (C=O) groups excluding carboxylic acids is 2. The van der Waals surface area contributed by atoms with Crippen LogP contribution in [-0.4, -0.2) is 16.8 Å². The summed E-state index contributed by atoms with van der Waals surface area (Å²) in [6.07, 6.45) is 3.21. The minimum absolute atomic E-state index is 0.241. The third kappa shape index (κ3) is 4.99. The molecule has 4 N–H and O–H groups in total. The summed E-state index contributed by atoms with van der Waals surface area (Å²) in [6, 6.07) is 18.9. The van der Waals surface area contributed by atoms with E-state index in [0.717, 1.165) is 5.56 Å². The third-order valence-corrected chi connectivity index (χ3v) is 4.06. The van der Waals surface area contributed by atoms with Crippen LogP contribution in [0.5, 0.6) is 0 Å². The Labute approximate surface area is 157 Å². The van der Waals surface area contributed by atoms with Crippen LogP contribution in [0.25, 0.3) is 0 Å². The first-order valence-corrected chi connectivity index (χ1v) is 8.52. The molecule has 0 spiro atoms. The molecule has 0 aliphatic rings. The van der Waals surface area contributed by atoms with Crippen LogP contribution >= 0.6 is 0 Å². The normalized spacial score (nSPS) is 11.4. The zero-order valence-electron chi connectivity index (χ0n) is 14.6. The first kappa shape index (κ1) is 18.3. The second-order valence-corrected chi connectivity index (χ2v) is 5.99. The summed E-state index contributed by atoms with van der Waals surface area (Å²) in [5, 5.41) is 5.60. The molecule has 2 amide bonds. The first-order valence-electron chi connectivity index (χ1n) is 8.52. The van der Waals surface area contributed by atoms with Crippen molar-refractivity contribution < 1.29 is 9.59 Å². The molecule has 136 valence electrons. The molecule has 3 rings (SSSR count). The Morgan fingerprint density at radius 3 is 2.26 bits per heavy atom. The fourth-order valence-electron chi connectivity index (χ4n) is 2.53. The number of carbonyl (C=O) groups is 2. The molecule has 6 heteroatoms. The number of nitrogens with two attached hydrogens (primary N) is 1. The fraction of sp³-hybridized carbons (Fsp3) is 0.0952. The predicted octanol–water partition coefficient (Wildman–Crippen LogP) is 2.65. The van der Waals surface area contributed by atoms with Gasteiger partial charge in [-0.3, -0.25) is 14.6 Å². The smallest absolute Gasteiger partial charge is 0.255 e. The van der Waals surface area contributed by atoms with E-state index in [2.05, 4.69) is 15.6 Å². The molecule has 27 heavy (non-hydrogen) atoms. The van der Waals surface area contributed by atoms with E-state index in [0.29, 0.717) is 23.4 Å². The number of amides is 2. The van der Waals surface area contributed by atoms with Crippen molar-refractivity contribution in [2.75, 3.05) is 5.32 Å². The highest BCUT2D eigenvalue weighted by Gasteiger charge is 2.16. The highest BCUT2D eigenvalue weighted by atomic mass is 16.2. The summed E-state index contributed by atoms with van der Waals surface area (Å²) in [7, 11) is 0. The van der Waals surface area contributed by atoms with Gasteiger partial charge >= 0.3 is 0 Å². The van der Waals surface area contributed by atoms with Crippen LogP contribution in [0.4, 0.5) is 5.69 Å². The van der Waals surface area contributed by atoms with Crippen LogP contribution in [0.1, 0.15) is 27.5 Å². The van der Waals surface area contributed by atoms with Crippen molar-refractivity contribution in [3.63, 3.8) is 0 Å². The number of hydrogen-bond acceptors (Lipinski definition) is 4. The Morgan fingerprint density at radius 1 is 0.926 bits per heavy atom. The molecule has 1 atom stereocenters. The quantitative estimate of drug-likeness (QED) is 0.629. The van der Waals surface area contributed by atoms with Gasteiger partial charge in [0.15, 0.2) is 0 Å². The summed E-state index contributed by atoms with van der Waals surface area (Å²) in [4.78, 5) is 28.4. The van der Waals surface area contributed by atoms with Crippen LogP contribution in [-0.2, 0) is 11.3 Å². The number of nitrogens with one attached hydrogen (secondary N) is 2. The van der Waals surface area contributed by atoms with Crippen LogP contribution in [0.2, 0.25) is 0 Å². The van der Waals surface area contributed by atoms with Gasteiger partial charge in [-0.25, -0.2) is 0 Å². The lowest BCUT2D eigenvalue weighted by Gasteiger charge is -2.13. The Balaban J connectivity index is 1.58. The molecule has 0 aliphatic carbocycles. The summed E-state index contributed by atoms with van der Waals surface area (Å²) >= 11 is 0. The summed E-state index contributed by atoms with van der Waals surface area (Å²) in [5.74, 6) is -0.511. The zero-order chi connectivity index (χ0) is 19.1. The van der Waals surface area contributed by atoms with Gasteiger partial charge in [-0.15, -0.1) is 0 Å². The van der Waals surface area contributed by atoms with Gasteiger partial charge in [0.1, 0.15) is 6.04 Å². The average molecular weight is 360 g/mol. The molecule has 1 unspecified atom stereocenters. The molecule has 0 bridgehead atoms. The second-order valence-electron chi connectivity index (χ2n) is 5.99. The number of benzene rings is 2. The molecule has 1 heterocycles. The molecule has 2 aromatic carbocycles. The molecule has 0 aliphatic heterocycles. The zero-order valence-corrected chi connectivity index (χ0v) is 14.6. The molecular formula is C21H20N4O2. The molecule has 6 nitrogen and oxygen atoms in total. The molecule has 0 radical (unpaired) electrons. The van der Waals surface area contributed by atoms with E-state index in [1.165, 1.54) is 0 Å². The highest BCUT2D eigenvalue weighted by molar-refractivity contribution is 6.04. The van der Waals surface area contributed by atoms with Crippen molar-refractivity contribution in [3.8, 4) is 0 Å². The maximum Gasteiger partial charge on any atom is 0.255 e. The lowest BCUT2D eigenvalue weighted by atomic mass is 10.0. The number of nitrogens with zero attached hydrogens (tertiary/aromatic N) is 1. The van der Waals surface area contributed by atoms with Crippen molar-refractivity contribution in [1.29, 1.82) is 0 Å². The summed E-state index contributed by atoms with van der Waals surface area (Å²) in [5.41, 5.74) is 8.82. The molecule has 0 saturated heterocycles. The van der Waals surface area contributed by atoms with Crippen molar-refractivity contribution in [3.05, 3.63) is 95.8 Å². The molecule has 1 aromatic heterocycles. The predicted molar refractivity (Wildman–Crippen MR) is 104 cm³/mol. The Morgan fingerprint density at radius 2 is 1.59 bits per heavy atom. The van der Waals surface area contributed by atoms with E-state index in [-0.39, 0.29) is 11.8 Å². The lowest BCUT2D eigenvalue weighted by Crippen LogP contribution is -2.33.